The first-order valence-corrected chi connectivity index (χ1v) is 39.8. The van der Waals surface area contributed by atoms with Crippen molar-refractivity contribution in [1.82, 2.24) is 49.8 Å². The number of thiophene rings is 3. The summed E-state index contributed by atoms with van der Waals surface area (Å²) < 4.78 is 27.1. The van der Waals surface area contributed by atoms with Crippen molar-refractivity contribution in [2.24, 2.45) is 0 Å². The first-order valence-electron chi connectivity index (χ1n) is 37.4. The van der Waals surface area contributed by atoms with Gasteiger partial charge in [-0.15, -0.1) is 34.0 Å². The molecule has 10 heterocycles. The maximum Gasteiger partial charge on any atom is 0.164 e. The van der Waals surface area contributed by atoms with Gasteiger partial charge >= 0.3 is 0 Å². The minimum atomic E-state index is 0.492. The van der Waals surface area contributed by atoms with Gasteiger partial charge in [-0.1, -0.05) is 218 Å². The molecule has 0 aliphatic heterocycles. The lowest BCUT2D eigenvalue weighted by atomic mass is 9.96. The van der Waals surface area contributed by atoms with Gasteiger partial charge in [0.2, 0.25) is 0 Å². The average Bonchev–Trinajstić information content (AvgIpc) is 0.941. The first kappa shape index (κ1) is 64.2. The minimum Gasteiger partial charge on any atom is -0.456 e. The minimum absolute atomic E-state index is 0.492. The molecule has 0 radical (unpaired) electrons. The maximum atomic E-state index is 7.28. The molecule has 0 aliphatic rings. The van der Waals surface area contributed by atoms with Crippen molar-refractivity contribution < 1.29 is 13.3 Å². The first-order chi connectivity index (χ1) is 56.4. The Bertz CT molecular complexity index is 8090. The van der Waals surface area contributed by atoms with Crippen LogP contribution in [0.1, 0.15) is 0 Å². The lowest BCUT2D eigenvalue weighted by molar-refractivity contribution is 0.668. The fourth-order valence-electron chi connectivity index (χ4n) is 16.2. The Morgan fingerprint density at radius 1 is 0.184 bits per heavy atom. The number of fused-ring (bicyclic) bond motifs is 18. The summed E-state index contributed by atoms with van der Waals surface area (Å²) in [5.74, 6) is 4.41. The SMILES string of the molecule is c1ccc(-c2nc(-c3ccc4oc5ccccc5c4c3)nc(-c3cccc4oc5cc(-c6nc(-c7cccc(-c8cc(-c9nc(-c%10ccccc%10)nc(-c%10ccccc%10)n9)c9c(c8)oc8cc(-c%10nc(-c%11ccc%12c(c%11)sc%11ccccc%11%12)nc%11c%10sc%10ccccc%10%11)ccc89)c7)nc7c6sc6ccccc67)ccc5c34)n2)cc1. The number of benzene rings is 14. The highest BCUT2D eigenvalue weighted by Crippen LogP contribution is 2.48. The van der Waals surface area contributed by atoms with Crippen LogP contribution in [0.2, 0.25) is 0 Å². The van der Waals surface area contributed by atoms with Crippen molar-refractivity contribution in [3.8, 4) is 125 Å². The molecule has 0 amide bonds. The molecule has 0 N–H and O–H groups in total. The van der Waals surface area contributed by atoms with Crippen molar-refractivity contribution in [3.05, 3.63) is 315 Å². The monoisotopic (exact) mass is 1510 g/mol. The molecule has 0 aliphatic carbocycles. The summed E-state index contributed by atoms with van der Waals surface area (Å²) >= 11 is 5.18. The van der Waals surface area contributed by atoms with Gasteiger partial charge in [0.15, 0.2) is 46.6 Å². The summed E-state index contributed by atoms with van der Waals surface area (Å²) in [5, 5.41) is 10.2. The van der Waals surface area contributed by atoms with E-state index in [1.165, 1.54) is 20.2 Å². The molecule has 0 unspecified atom stereocenters. The van der Waals surface area contributed by atoms with E-state index < -0.39 is 0 Å². The topological polar surface area (TPSA) is 168 Å². The lowest BCUT2D eigenvalue weighted by Crippen LogP contribution is -2.00. The molecule has 24 rings (SSSR count). The predicted molar refractivity (Wildman–Crippen MR) is 465 cm³/mol. The molecular formula is C98H52N10O3S3. The second-order valence-corrected chi connectivity index (χ2v) is 31.6. The summed E-state index contributed by atoms with van der Waals surface area (Å²) in [7, 11) is 0. The van der Waals surface area contributed by atoms with Crippen molar-refractivity contribution in [3.63, 3.8) is 0 Å². The highest BCUT2D eigenvalue weighted by Gasteiger charge is 2.27. The average molecular weight is 1510 g/mol. The summed E-state index contributed by atoms with van der Waals surface area (Å²) in [6.07, 6.45) is 0. The fraction of sp³-hybridized carbons (Fsp3) is 0. The van der Waals surface area contributed by atoms with Crippen LogP contribution in [-0.4, -0.2) is 49.8 Å². The smallest absolute Gasteiger partial charge is 0.164 e. The van der Waals surface area contributed by atoms with Crippen LogP contribution in [0.15, 0.2) is 329 Å². The zero-order valence-corrected chi connectivity index (χ0v) is 62.4. The van der Waals surface area contributed by atoms with E-state index in [2.05, 4.69) is 182 Å². The predicted octanol–water partition coefficient (Wildman–Crippen LogP) is 26.8. The van der Waals surface area contributed by atoms with Gasteiger partial charge in [0.1, 0.15) is 33.5 Å². The zero-order chi connectivity index (χ0) is 74.6. The second-order valence-electron chi connectivity index (χ2n) is 28.5. The maximum absolute atomic E-state index is 7.28. The van der Waals surface area contributed by atoms with Crippen LogP contribution >= 0.6 is 34.0 Å². The number of furan rings is 3. The summed E-state index contributed by atoms with van der Waals surface area (Å²) in [4.78, 5) is 53.6. The molecular weight excluding hydrogens is 1460 g/mol. The van der Waals surface area contributed by atoms with E-state index in [0.29, 0.717) is 68.9 Å². The van der Waals surface area contributed by atoms with E-state index in [4.69, 9.17) is 63.1 Å². The van der Waals surface area contributed by atoms with Crippen molar-refractivity contribution in [2.45, 2.75) is 0 Å². The Labute approximate surface area is 659 Å². The molecule has 13 nitrogen and oxygen atoms in total. The molecule has 0 atom stereocenters. The Morgan fingerprint density at radius 3 is 1.21 bits per heavy atom. The van der Waals surface area contributed by atoms with Gasteiger partial charge in [-0.05, 0) is 108 Å². The Kier molecular flexibility index (Phi) is 14.3. The van der Waals surface area contributed by atoms with Crippen LogP contribution < -0.4 is 0 Å². The van der Waals surface area contributed by atoms with E-state index in [1.807, 2.05) is 133 Å². The second kappa shape index (κ2) is 25.4. The Morgan fingerprint density at radius 2 is 0.588 bits per heavy atom. The standard InChI is InChI=1S/C98H52N10O3S3/c1-4-20-53(21-5-1)91-103-92(54-22-6-2-7-23-54)107-98(106-91)72-48-62(51-78-84(72)67-44-39-58(50-77(67)111-78)86-90-88(69-31-13-17-37-81(69)114-90)102-95(100-86)61-40-42-65-64-29-11-15-35-79(64)112-82(65)52-61)56-26-18-27-59(46-56)94-99-85(89-87(101-94)68-30-12-16-36-80(68)113-89)57-38-43-66-76(49-57)110-75-34-19-32-70(83(66)75)97-105-93(55-24-8-3-9-25-55)104-96(108-97)60-41-45-74-71(47-60)63-28-10-14-33-73(63)109-74/h1-52H. The quantitative estimate of drug-likeness (QED) is 0.120. The third kappa shape index (κ3) is 10.5. The highest BCUT2D eigenvalue weighted by atomic mass is 32.1. The number of hydrogen-bond acceptors (Lipinski definition) is 16. The van der Waals surface area contributed by atoms with Crippen LogP contribution in [0, 0.1) is 0 Å². The molecule has 530 valence electrons. The molecule has 24 aromatic rings. The van der Waals surface area contributed by atoms with Gasteiger partial charge in [0.25, 0.3) is 0 Å². The van der Waals surface area contributed by atoms with Gasteiger partial charge in [-0.25, -0.2) is 49.8 Å². The number of rotatable bonds is 11. The van der Waals surface area contributed by atoms with E-state index in [1.54, 1.807) is 34.0 Å². The van der Waals surface area contributed by atoms with E-state index in [0.717, 1.165) is 162 Å². The van der Waals surface area contributed by atoms with Gasteiger partial charge in [0, 0.05) is 128 Å². The Hall–Kier alpha value is -14.7. The van der Waals surface area contributed by atoms with Gasteiger partial charge in [0.05, 0.1) is 31.8 Å². The van der Waals surface area contributed by atoms with E-state index in [-0.39, 0.29) is 0 Å². The van der Waals surface area contributed by atoms with E-state index in [9.17, 15) is 0 Å². The molecule has 10 aromatic heterocycles. The third-order valence-electron chi connectivity index (χ3n) is 21.6. The molecule has 114 heavy (non-hydrogen) atoms. The third-order valence-corrected chi connectivity index (χ3v) is 25.1. The Balaban J connectivity index is 0.655. The number of hydrogen-bond donors (Lipinski definition) is 0. The summed E-state index contributed by atoms with van der Waals surface area (Å²) in [5.41, 5.74) is 18.0. The van der Waals surface area contributed by atoms with Gasteiger partial charge in [-0.3, -0.25) is 0 Å². The lowest BCUT2D eigenvalue weighted by Gasteiger charge is -2.12. The number of para-hydroxylation sites is 1. The van der Waals surface area contributed by atoms with Crippen molar-refractivity contribution >= 4 is 161 Å². The van der Waals surface area contributed by atoms with Crippen LogP contribution in [-0.2, 0) is 0 Å². The zero-order valence-electron chi connectivity index (χ0n) is 59.9. The molecule has 0 bridgehead atoms. The molecule has 0 spiro atoms. The number of nitrogens with zero attached hydrogens (tertiary/aromatic N) is 10. The van der Waals surface area contributed by atoms with Crippen molar-refractivity contribution in [2.75, 3.05) is 0 Å². The van der Waals surface area contributed by atoms with Gasteiger partial charge in [-0.2, -0.15) is 0 Å². The van der Waals surface area contributed by atoms with Crippen LogP contribution in [0.4, 0.5) is 0 Å². The normalized spacial score (nSPS) is 12.0. The summed E-state index contributed by atoms with van der Waals surface area (Å²) in [6, 6.07) is 108. The van der Waals surface area contributed by atoms with Crippen LogP contribution in [0.25, 0.3) is 251 Å². The van der Waals surface area contributed by atoms with Crippen LogP contribution in [0.5, 0.6) is 0 Å². The molecule has 0 saturated carbocycles. The van der Waals surface area contributed by atoms with E-state index >= 15 is 0 Å². The highest BCUT2D eigenvalue weighted by molar-refractivity contribution is 7.27. The molecule has 16 heteroatoms. The molecule has 0 saturated heterocycles. The van der Waals surface area contributed by atoms with Crippen LogP contribution in [0.3, 0.4) is 0 Å². The fourth-order valence-corrected chi connectivity index (χ4v) is 19.7. The van der Waals surface area contributed by atoms with Crippen molar-refractivity contribution in [1.29, 1.82) is 0 Å². The molecule has 14 aromatic carbocycles. The summed E-state index contributed by atoms with van der Waals surface area (Å²) in [6.45, 7) is 0. The number of aromatic nitrogens is 10. The largest absolute Gasteiger partial charge is 0.456 e. The van der Waals surface area contributed by atoms with Gasteiger partial charge < -0.3 is 13.3 Å². The molecule has 0 fully saturated rings.